The molecule has 0 bridgehead atoms. The highest BCUT2D eigenvalue weighted by Crippen LogP contribution is 2.36. The molecule has 172 valence electrons. The van der Waals surface area contributed by atoms with Gasteiger partial charge in [0.15, 0.2) is 6.10 Å². The van der Waals surface area contributed by atoms with Crippen molar-refractivity contribution < 1.29 is 9.53 Å². The molecule has 4 rings (SSSR count). The van der Waals surface area contributed by atoms with E-state index in [1.807, 2.05) is 12.1 Å². The summed E-state index contributed by atoms with van der Waals surface area (Å²) in [6, 6.07) is 21.5. The van der Waals surface area contributed by atoms with Crippen molar-refractivity contribution in [1.82, 2.24) is 15.1 Å². The Morgan fingerprint density at radius 1 is 1.06 bits per heavy atom. The molecule has 2 aromatic rings. The first-order valence-electron chi connectivity index (χ1n) is 12.2. The Kier molecular flexibility index (Phi) is 8.32. The number of ether oxygens (including phenoxy) is 1. The van der Waals surface area contributed by atoms with E-state index in [0.717, 1.165) is 26.2 Å². The fourth-order valence-electron chi connectivity index (χ4n) is 5.20. The molecule has 1 aliphatic carbocycles. The summed E-state index contributed by atoms with van der Waals surface area (Å²) in [5, 5.41) is 3.18. The summed E-state index contributed by atoms with van der Waals surface area (Å²) < 4.78 is 6.11. The van der Waals surface area contributed by atoms with E-state index in [1.165, 1.54) is 36.8 Å². The molecule has 1 saturated heterocycles. The SMILES string of the molecule is CCN(CCNC(=O)[C@@H]1OCCN(C2CCCC2)[C@H]1c1ccccc1)Cc1ccccc1. The summed E-state index contributed by atoms with van der Waals surface area (Å²) in [5.74, 6) is 0.0114. The summed E-state index contributed by atoms with van der Waals surface area (Å²) in [7, 11) is 0. The van der Waals surface area contributed by atoms with E-state index in [-0.39, 0.29) is 11.9 Å². The van der Waals surface area contributed by atoms with Crippen molar-refractivity contribution >= 4 is 5.91 Å². The molecule has 1 N–H and O–H groups in total. The van der Waals surface area contributed by atoms with Crippen LogP contribution in [0.3, 0.4) is 0 Å². The minimum Gasteiger partial charge on any atom is -0.365 e. The third-order valence-corrected chi connectivity index (χ3v) is 6.91. The van der Waals surface area contributed by atoms with Gasteiger partial charge in [0, 0.05) is 32.2 Å². The van der Waals surface area contributed by atoms with Gasteiger partial charge in [0.05, 0.1) is 12.6 Å². The molecule has 1 amide bonds. The maximum atomic E-state index is 13.3. The van der Waals surface area contributed by atoms with E-state index >= 15 is 0 Å². The van der Waals surface area contributed by atoms with E-state index in [9.17, 15) is 4.79 Å². The average Bonchev–Trinajstić information content (AvgIpc) is 3.39. The van der Waals surface area contributed by atoms with Crippen molar-refractivity contribution in [3.8, 4) is 0 Å². The molecule has 1 aliphatic heterocycles. The molecule has 2 fully saturated rings. The summed E-state index contributed by atoms with van der Waals surface area (Å²) in [6.45, 7) is 6.99. The van der Waals surface area contributed by atoms with Crippen molar-refractivity contribution in [2.45, 2.75) is 57.3 Å². The molecule has 1 heterocycles. The number of nitrogens with zero attached hydrogens (tertiary/aromatic N) is 2. The van der Waals surface area contributed by atoms with E-state index in [4.69, 9.17) is 4.74 Å². The summed E-state index contributed by atoms with van der Waals surface area (Å²) in [4.78, 5) is 18.2. The van der Waals surface area contributed by atoms with Crippen LogP contribution in [-0.2, 0) is 16.1 Å². The van der Waals surface area contributed by atoms with Gasteiger partial charge in [0.25, 0.3) is 5.91 Å². The van der Waals surface area contributed by atoms with Crippen LogP contribution in [0.2, 0.25) is 0 Å². The van der Waals surface area contributed by atoms with Gasteiger partial charge in [0.2, 0.25) is 0 Å². The number of benzene rings is 2. The number of rotatable bonds is 9. The summed E-state index contributed by atoms with van der Waals surface area (Å²) in [6.07, 6.45) is 4.56. The Morgan fingerprint density at radius 2 is 1.75 bits per heavy atom. The summed E-state index contributed by atoms with van der Waals surface area (Å²) in [5.41, 5.74) is 2.48. The Hall–Kier alpha value is -2.21. The number of amides is 1. The molecule has 32 heavy (non-hydrogen) atoms. The lowest BCUT2D eigenvalue weighted by Crippen LogP contribution is -2.54. The van der Waals surface area contributed by atoms with Crippen LogP contribution in [0.25, 0.3) is 0 Å². The zero-order valence-electron chi connectivity index (χ0n) is 19.3. The molecular weight excluding hydrogens is 398 g/mol. The van der Waals surface area contributed by atoms with Gasteiger partial charge >= 0.3 is 0 Å². The molecule has 2 aromatic carbocycles. The van der Waals surface area contributed by atoms with Crippen LogP contribution >= 0.6 is 0 Å². The van der Waals surface area contributed by atoms with Crippen molar-refractivity contribution in [1.29, 1.82) is 0 Å². The number of carbonyl (C=O) groups is 1. The highest BCUT2D eigenvalue weighted by atomic mass is 16.5. The highest BCUT2D eigenvalue weighted by Gasteiger charge is 2.41. The lowest BCUT2D eigenvalue weighted by molar-refractivity contribution is -0.148. The molecule has 0 unspecified atom stereocenters. The predicted molar refractivity (Wildman–Crippen MR) is 128 cm³/mol. The number of nitrogens with one attached hydrogen (secondary N) is 1. The van der Waals surface area contributed by atoms with Crippen molar-refractivity contribution in [2.24, 2.45) is 0 Å². The topological polar surface area (TPSA) is 44.8 Å². The van der Waals surface area contributed by atoms with Gasteiger partial charge in [-0.3, -0.25) is 14.6 Å². The van der Waals surface area contributed by atoms with Crippen LogP contribution in [0.5, 0.6) is 0 Å². The molecule has 0 spiro atoms. The first kappa shape index (κ1) is 23.0. The van der Waals surface area contributed by atoms with Crippen LogP contribution in [0, 0.1) is 0 Å². The number of hydrogen-bond acceptors (Lipinski definition) is 4. The molecule has 5 nitrogen and oxygen atoms in total. The molecule has 0 aromatic heterocycles. The molecule has 1 saturated carbocycles. The molecule has 2 aliphatic rings. The molecule has 5 heteroatoms. The van der Waals surface area contributed by atoms with Gasteiger partial charge in [0.1, 0.15) is 0 Å². The smallest absolute Gasteiger partial charge is 0.251 e. The monoisotopic (exact) mass is 435 g/mol. The zero-order chi connectivity index (χ0) is 22.2. The van der Waals surface area contributed by atoms with Crippen LogP contribution < -0.4 is 5.32 Å². The predicted octanol–water partition coefficient (Wildman–Crippen LogP) is 4.01. The van der Waals surface area contributed by atoms with Crippen molar-refractivity contribution in [3.63, 3.8) is 0 Å². The van der Waals surface area contributed by atoms with Gasteiger partial charge in [-0.05, 0) is 30.5 Å². The maximum Gasteiger partial charge on any atom is 0.251 e. The second-order valence-corrected chi connectivity index (χ2v) is 8.97. The molecule has 0 radical (unpaired) electrons. The third kappa shape index (κ3) is 5.77. The van der Waals surface area contributed by atoms with Gasteiger partial charge in [-0.2, -0.15) is 0 Å². The maximum absolute atomic E-state index is 13.3. The Bertz CT molecular complexity index is 823. The second kappa shape index (κ2) is 11.6. The number of likely N-dealkylation sites (N-methyl/N-ethyl adjacent to an activating group) is 1. The lowest BCUT2D eigenvalue weighted by atomic mass is 9.95. The Morgan fingerprint density at radius 3 is 2.44 bits per heavy atom. The van der Waals surface area contributed by atoms with Gasteiger partial charge in [-0.1, -0.05) is 80.4 Å². The van der Waals surface area contributed by atoms with Gasteiger partial charge in [-0.25, -0.2) is 0 Å². The first-order valence-corrected chi connectivity index (χ1v) is 12.2. The van der Waals surface area contributed by atoms with Gasteiger partial charge in [-0.15, -0.1) is 0 Å². The molecular formula is C27H37N3O2. The number of hydrogen-bond donors (Lipinski definition) is 1. The van der Waals surface area contributed by atoms with Gasteiger partial charge < -0.3 is 10.1 Å². The van der Waals surface area contributed by atoms with Crippen LogP contribution in [0.1, 0.15) is 49.8 Å². The molecule has 2 atom stereocenters. The van der Waals surface area contributed by atoms with E-state index in [0.29, 0.717) is 19.2 Å². The van der Waals surface area contributed by atoms with E-state index in [2.05, 4.69) is 70.6 Å². The first-order chi connectivity index (χ1) is 15.8. The van der Waals surface area contributed by atoms with Crippen LogP contribution in [0.15, 0.2) is 60.7 Å². The third-order valence-electron chi connectivity index (χ3n) is 6.91. The second-order valence-electron chi connectivity index (χ2n) is 8.97. The Labute approximate surface area is 192 Å². The highest BCUT2D eigenvalue weighted by molar-refractivity contribution is 5.82. The van der Waals surface area contributed by atoms with Crippen LogP contribution in [-0.4, -0.2) is 60.6 Å². The quantitative estimate of drug-likeness (QED) is 0.646. The average molecular weight is 436 g/mol. The standard InChI is InChI=1S/C27H37N3O2/c1-2-29(21-22-11-5-3-6-12-22)18-17-28-27(31)26-25(23-13-7-4-8-14-23)30(19-20-32-26)24-15-9-10-16-24/h3-8,11-14,24-26H,2,9-10,15-21H2,1H3,(H,28,31)/t25-,26+/m0/s1. The largest absolute Gasteiger partial charge is 0.365 e. The lowest BCUT2D eigenvalue weighted by Gasteiger charge is -2.44. The Balaban J connectivity index is 1.39. The zero-order valence-corrected chi connectivity index (χ0v) is 19.3. The summed E-state index contributed by atoms with van der Waals surface area (Å²) >= 11 is 0. The van der Waals surface area contributed by atoms with Crippen molar-refractivity contribution in [2.75, 3.05) is 32.8 Å². The van der Waals surface area contributed by atoms with Crippen molar-refractivity contribution in [3.05, 3.63) is 71.8 Å². The van der Waals surface area contributed by atoms with E-state index < -0.39 is 6.10 Å². The fourth-order valence-corrected chi connectivity index (χ4v) is 5.20. The van der Waals surface area contributed by atoms with Crippen LogP contribution in [0.4, 0.5) is 0 Å². The minimum atomic E-state index is -0.462. The minimum absolute atomic E-state index is 0.0114. The normalized spacial score (nSPS) is 22.3. The fraction of sp³-hybridized carbons (Fsp3) is 0.519. The number of morpholine rings is 1. The van der Waals surface area contributed by atoms with E-state index in [1.54, 1.807) is 0 Å². The number of carbonyl (C=O) groups excluding carboxylic acids is 1.